The molecule has 3 rings (SSSR count). The van der Waals surface area contributed by atoms with Gasteiger partial charge in [-0.2, -0.15) is 0 Å². The summed E-state index contributed by atoms with van der Waals surface area (Å²) in [7, 11) is 0. The lowest BCUT2D eigenvalue weighted by Crippen LogP contribution is -2.45. The highest BCUT2D eigenvalue weighted by atomic mass is 19.1. The van der Waals surface area contributed by atoms with Crippen LogP contribution in [0.2, 0.25) is 0 Å². The Morgan fingerprint density at radius 3 is 2.81 bits per heavy atom. The molecule has 0 unspecified atom stereocenters. The Kier molecular flexibility index (Phi) is 1.93. The van der Waals surface area contributed by atoms with Crippen LogP contribution in [0.3, 0.4) is 0 Å². The van der Waals surface area contributed by atoms with Crippen molar-refractivity contribution in [2.24, 2.45) is 5.41 Å². The highest BCUT2D eigenvalue weighted by Gasteiger charge is 2.45. The number of carbonyl (C=O) groups excluding carboxylic acids is 1. The minimum atomic E-state index is -0.380. The summed E-state index contributed by atoms with van der Waals surface area (Å²) in [5.74, 6) is -0.426. The highest BCUT2D eigenvalue weighted by Crippen LogP contribution is 2.44. The van der Waals surface area contributed by atoms with E-state index < -0.39 is 0 Å². The maximum atomic E-state index is 13.5. The van der Waals surface area contributed by atoms with Crippen LogP contribution in [0.15, 0.2) is 18.2 Å². The van der Waals surface area contributed by atoms with E-state index in [0.29, 0.717) is 12.2 Å². The first-order chi connectivity index (χ1) is 7.71. The summed E-state index contributed by atoms with van der Waals surface area (Å²) in [6.07, 6.45) is 2.86. The topological polar surface area (TPSA) is 41.1 Å². The smallest absolute Gasteiger partial charge is 0.232 e. The predicted octanol–water partition coefficient (Wildman–Crippen LogP) is 2.36. The van der Waals surface area contributed by atoms with Gasteiger partial charge in [0.1, 0.15) is 11.5 Å². The summed E-state index contributed by atoms with van der Waals surface area (Å²) in [5.41, 5.74) is 0.652. The fourth-order valence-corrected chi connectivity index (χ4v) is 2.40. The maximum Gasteiger partial charge on any atom is 0.232 e. The third kappa shape index (κ3) is 1.22. The van der Waals surface area contributed by atoms with E-state index in [1.165, 1.54) is 6.07 Å². The van der Waals surface area contributed by atoms with E-state index in [1.54, 1.807) is 12.1 Å². The molecule has 84 valence electrons. The first kappa shape index (κ1) is 9.63. The third-order valence-corrected chi connectivity index (χ3v) is 3.66. The number of amides is 1. The predicted molar refractivity (Wildman–Crippen MR) is 59.8 cm³/mol. The van der Waals surface area contributed by atoms with E-state index >= 15 is 0 Å². The second-order valence-corrected chi connectivity index (χ2v) is 4.60. The van der Waals surface area contributed by atoms with E-state index in [4.69, 9.17) is 0 Å². The van der Waals surface area contributed by atoms with Gasteiger partial charge in [-0.3, -0.25) is 4.79 Å². The zero-order valence-electron chi connectivity index (χ0n) is 8.85. The first-order valence-corrected chi connectivity index (χ1v) is 5.55. The molecule has 1 aromatic carbocycles. The van der Waals surface area contributed by atoms with Gasteiger partial charge in [-0.1, -0.05) is 12.5 Å². The molecule has 1 heterocycles. The van der Waals surface area contributed by atoms with E-state index in [1.807, 2.05) is 0 Å². The monoisotopic (exact) mass is 220 g/mol. The number of anilines is 2. The largest absolute Gasteiger partial charge is 0.382 e. The van der Waals surface area contributed by atoms with Crippen LogP contribution in [0, 0.1) is 11.2 Å². The number of benzene rings is 1. The van der Waals surface area contributed by atoms with Crippen LogP contribution < -0.4 is 10.6 Å². The quantitative estimate of drug-likeness (QED) is 0.704. The summed E-state index contributed by atoms with van der Waals surface area (Å²) in [6, 6.07) is 4.79. The van der Waals surface area contributed by atoms with Crippen molar-refractivity contribution in [3.63, 3.8) is 0 Å². The Bertz CT molecular complexity index is 454. The minimum absolute atomic E-state index is 0.0462. The van der Waals surface area contributed by atoms with Crippen molar-refractivity contribution in [3.05, 3.63) is 24.0 Å². The van der Waals surface area contributed by atoms with Crippen LogP contribution in [0.25, 0.3) is 0 Å². The van der Waals surface area contributed by atoms with Gasteiger partial charge < -0.3 is 10.6 Å². The Labute approximate surface area is 93.0 Å². The summed E-state index contributed by atoms with van der Waals surface area (Å²) in [4.78, 5) is 12.0. The molecule has 0 aromatic heterocycles. The van der Waals surface area contributed by atoms with Gasteiger partial charge in [0.2, 0.25) is 5.91 Å². The zero-order valence-corrected chi connectivity index (χ0v) is 8.85. The van der Waals surface area contributed by atoms with Crippen LogP contribution in [0.1, 0.15) is 19.3 Å². The molecule has 2 aliphatic rings. The van der Waals surface area contributed by atoms with Crippen molar-refractivity contribution < 1.29 is 9.18 Å². The standard InChI is InChI=1S/C12H13FN2O/c13-8-3-1-4-9-10(8)15-11(16)12(7-14-9)5-2-6-12/h1,3-4,14H,2,5-7H2,(H,15,16). The molecule has 1 aliphatic heterocycles. The molecule has 1 aromatic rings. The minimum Gasteiger partial charge on any atom is -0.382 e. The molecule has 4 heteroatoms. The van der Waals surface area contributed by atoms with E-state index in [-0.39, 0.29) is 22.8 Å². The number of halogens is 1. The van der Waals surface area contributed by atoms with E-state index in [9.17, 15) is 9.18 Å². The van der Waals surface area contributed by atoms with Crippen LogP contribution in [-0.2, 0) is 4.79 Å². The number of hydrogen-bond acceptors (Lipinski definition) is 2. The SMILES string of the molecule is O=C1Nc2c(F)cccc2NCC12CCC2. The Morgan fingerprint density at radius 1 is 1.31 bits per heavy atom. The molecule has 0 saturated heterocycles. The molecule has 16 heavy (non-hydrogen) atoms. The second-order valence-electron chi connectivity index (χ2n) is 4.60. The molecular formula is C12H13FN2O. The summed E-state index contributed by atoms with van der Waals surface area (Å²) < 4.78 is 13.5. The molecule has 1 amide bonds. The van der Waals surface area contributed by atoms with E-state index in [2.05, 4.69) is 10.6 Å². The molecule has 1 aliphatic carbocycles. The lowest BCUT2D eigenvalue weighted by molar-refractivity contribution is -0.129. The van der Waals surface area contributed by atoms with Gasteiger partial charge in [0, 0.05) is 6.54 Å². The van der Waals surface area contributed by atoms with Crippen molar-refractivity contribution in [1.82, 2.24) is 0 Å². The fraction of sp³-hybridized carbons (Fsp3) is 0.417. The summed E-state index contributed by atoms with van der Waals surface area (Å²) in [6.45, 7) is 0.606. The molecule has 0 radical (unpaired) electrons. The molecule has 0 bridgehead atoms. The lowest BCUT2D eigenvalue weighted by Gasteiger charge is -2.38. The second kappa shape index (κ2) is 3.20. The summed E-state index contributed by atoms with van der Waals surface area (Å²) in [5, 5.41) is 5.87. The zero-order chi connectivity index (χ0) is 11.2. The number of nitrogens with one attached hydrogen (secondary N) is 2. The lowest BCUT2D eigenvalue weighted by atomic mass is 9.68. The Morgan fingerprint density at radius 2 is 2.12 bits per heavy atom. The van der Waals surface area contributed by atoms with Gasteiger partial charge in [-0.25, -0.2) is 4.39 Å². The Hall–Kier alpha value is -1.58. The molecule has 1 fully saturated rings. The summed E-state index contributed by atoms with van der Waals surface area (Å²) >= 11 is 0. The molecule has 2 N–H and O–H groups in total. The average molecular weight is 220 g/mol. The van der Waals surface area contributed by atoms with Crippen molar-refractivity contribution in [3.8, 4) is 0 Å². The fourth-order valence-electron chi connectivity index (χ4n) is 2.40. The molecule has 0 atom stereocenters. The van der Waals surface area contributed by atoms with Crippen LogP contribution in [-0.4, -0.2) is 12.5 Å². The molecular weight excluding hydrogens is 207 g/mol. The number of fused-ring (bicyclic) bond motifs is 1. The number of para-hydroxylation sites is 1. The van der Waals surface area contributed by atoms with Crippen LogP contribution >= 0.6 is 0 Å². The van der Waals surface area contributed by atoms with Gasteiger partial charge >= 0.3 is 0 Å². The van der Waals surface area contributed by atoms with Crippen molar-refractivity contribution in [2.45, 2.75) is 19.3 Å². The van der Waals surface area contributed by atoms with E-state index in [0.717, 1.165) is 19.3 Å². The first-order valence-electron chi connectivity index (χ1n) is 5.55. The van der Waals surface area contributed by atoms with Crippen molar-refractivity contribution in [2.75, 3.05) is 17.2 Å². The van der Waals surface area contributed by atoms with Gasteiger partial charge in [-0.15, -0.1) is 0 Å². The van der Waals surface area contributed by atoms with Crippen molar-refractivity contribution >= 4 is 17.3 Å². The van der Waals surface area contributed by atoms with Gasteiger partial charge in [0.25, 0.3) is 0 Å². The number of carbonyl (C=O) groups is 1. The van der Waals surface area contributed by atoms with Gasteiger partial charge in [0.15, 0.2) is 0 Å². The average Bonchev–Trinajstić information content (AvgIpc) is 2.35. The van der Waals surface area contributed by atoms with Crippen molar-refractivity contribution in [1.29, 1.82) is 0 Å². The third-order valence-electron chi connectivity index (χ3n) is 3.66. The number of hydrogen-bond donors (Lipinski definition) is 2. The Balaban J connectivity index is 2.00. The van der Waals surface area contributed by atoms with Gasteiger partial charge in [-0.05, 0) is 25.0 Å². The molecule has 3 nitrogen and oxygen atoms in total. The van der Waals surface area contributed by atoms with Crippen LogP contribution in [0.4, 0.5) is 15.8 Å². The van der Waals surface area contributed by atoms with Crippen LogP contribution in [0.5, 0.6) is 0 Å². The number of rotatable bonds is 0. The maximum absolute atomic E-state index is 13.5. The highest BCUT2D eigenvalue weighted by molar-refractivity contribution is 6.00. The molecule has 1 spiro atoms. The normalized spacial score (nSPS) is 21.4. The van der Waals surface area contributed by atoms with Gasteiger partial charge in [0.05, 0.1) is 11.1 Å². The molecule has 1 saturated carbocycles.